The number of aryl methyl sites for hydroxylation is 2. The number of nitrogens with zero attached hydrogens (tertiary/aromatic N) is 4. The van der Waals surface area contributed by atoms with Crippen molar-refractivity contribution in [3.63, 3.8) is 0 Å². The molecule has 2 rings (SSSR count). The van der Waals surface area contributed by atoms with Gasteiger partial charge < -0.3 is 9.36 Å². The fourth-order valence-electron chi connectivity index (χ4n) is 2.24. The van der Waals surface area contributed by atoms with E-state index in [9.17, 15) is 14.4 Å². The van der Waals surface area contributed by atoms with Gasteiger partial charge in [-0.1, -0.05) is 0 Å². The van der Waals surface area contributed by atoms with E-state index in [1.54, 1.807) is 18.7 Å². The Bertz CT molecular complexity index is 772. The molecule has 110 valence electrons. The van der Waals surface area contributed by atoms with Gasteiger partial charge >= 0.3 is 35.2 Å². The first kappa shape index (κ1) is 17.9. The van der Waals surface area contributed by atoms with Gasteiger partial charge in [0.2, 0.25) is 0 Å². The molecule has 21 heavy (non-hydrogen) atoms. The predicted molar refractivity (Wildman–Crippen MR) is 81.9 cm³/mol. The summed E-state index contributed by atoms with van der Waals surface area (Å²) in [6.07, 6.45) is 3.29. The quantitative estimate of drug-likeness (QED) is 0.553. The zero-order valence-electron chi connectivity index (χ0n) is 11.9. The van der Waals surface area contributed by atoms with Gasteiger partial charge in [-0.2, -0.15) is 0 Å². The number of carbonyl (C=O) groups excluding carboxylic acids is 1. The Kier molecular flexibility index (Phi) is 6.12. The summed E-state index contributed by atoms with van der Waals surface area (Å²) >= 11 is 0. The molecule has 7 nitrogen and oxygen atoms in total. The van der Waals surface area contributed by atoms with Crippen LogP contribution in [0.4, 0.5) is 0 Å². The molecule has 0 fully saturated rings. The van der Waals surface area contributed by atoms with Crippen molar-refractivity contribution in [2.24, 2.45) is 14.1 Å². The number of fused-ring (bicyclic) bond motifs is 1. The van der Waals surface area contributed by atoms with Crippen LogP contribution in [-0.2, 0) is 25.4 Å². The monoisotopic (exact) mass is 302 g/mol. The van der Waals surface area contributed by atoms with Gasteiger partial charge in [0.15, 0.2) is 11.2 Å². The molecule has 0 aliphatic heterocycles. The van der Waals surface area contributed by atoms with Gasteiger partial charge in [0, 0.05) is 27.1 Å². The molecule has 0 amide bonds. The van der Waals surface area contributed by atoms with Gasteiger partial charge in [0.1, 0.15) is 5.78 Å². The average molecular weight is 302 g/mol. The minimum absolute atomic E-state index is 0. The molecule has 2 aromatic rings. The topological polar surface area (TPSA) is 78.9 Å². The van der Waals surface area contributed by atoms with Gasteiger partial charge in [-0.3, -0.25) is 13.9 Å². The number of Topliss-reactive ketones (excluding diaryl/α,β-unsaturated/α-hetero) is 1. The van der Waals surface area contributed by atoms with Crippen molar-refractivity contribution < 1.29 is 4.79 Å². The normalized spacial score (nSPS) is 10.6. The third-order valence-corrected chi connectivity index (χ3v) is 3.36. The Hall–Kier alpha value is -1.18. The Labute approximate surface area is 143 Å². The van der Waals surface area contributed by atoms with Crippen LogP contribution >= 0.6 is 0 Å². The standard InChI is InChI=1S/C13H18N4O3.Na.H/c1-9(18)6-4-5-7-17-12(19)10-11(14-8-15(10)2)16(3)13(17)20;;/h8H,4-7H2,1-3H3;;. The molecule has 0 radical (unpaired) electrons. The first-order valence-corrected chi connectivity index (χ1v) is 6.53. The Balaban J connectivity index is 0.00000220. The first-order valence-electron chi connectivity index (χ1n) is 6.53. The molecule has 8 heteroatoms. The van der Waals surface area contributed by atoms with E-state index < -0.39 is 0 Å². The molecule has 0 N–H and O–H groups in total. The van der Waals surface area contributed by atoms with E-state index in [0.29, 0.717) is 37.0 Å². The van der Waals surface area contributed by atoms with E-state index >= 15 is 0 Å². The molecule has 0 spiro atoms. The van der Waals surface area contributed by atoms with E-state index in [4.69, 9.17) is 0 Å². The van der Waals surface area contributed by atoms with Crippen molar-refractivity contribution in [2.75, 3.05) is 0 Å². The number of unbranched alkanes of at least 4 members (excludes halogenated alkanes) is 1. The summed E-state index contributed by atoms with van der Waals surface area (Å²) in [5.41, 5.74) is 0.108. The molecular weight excluding hydrogens is 283 g/mol. The number of aromatic nitrogens is 4. The van der Waals surface area contributed by atoms with Crippen LogP contribution in [0.15, 0.2) is 15.9 Å². The van der Waals surface area contributed by atoms with Gasteiger partial charge in [-0.05, 0) is 19.8 Å². The zero-order chi connectivity index (χ0) is 14.9. The van der Waals surface area contributed by atoms with E-state index in [1.807, 2.05) is 0 Å². The summed E-state index contributed by atoms with van der Waals surface area (Å²) in [4.78, 5) is 39.4. The van der Waals surface area contributed by atoms with E-state index in [2.05, 4.69) is 4.98 Å². The second-order valence-corrected chi connectivity index (χ2v) is 4.99. The summed E-state index contributed by atoms with van der Waals surface area (Å²) in [7, 11) is 3.32. The SMILES string of the molecule is CC(=O)CCCCn1c(=O)c2c(ncn2C)n(C)c1=O.[NaH]. The molecule has 0 aliphatic carbocycles. The third-order valence-electron chi connectivity index (χ3n) is 3.36. The Morgan fingerprint density at radius 2 is 1.90 bits per heavy atom. The van der Waals surface area contributed by atoms with Crippen LogP contribution in [0.25, 0.3) is 11.2 Å². The second kappa shape index (κ2) is 7.20. The van der Waals surface area contributed by atoms with Gasteiger partial charge in [-0.15, -0.1) is 0 Å². The summed E-state index contributed by atoms with van der Waals surface area (Å²) in [5.74, 6) is 0.118. The molecule has 0 saturated heterocycles. The molecule has 0 aliphatic rings. The number of rotatable bonds is 5. The van der Waals surface area contributed by atoms with Crippen molar-refractivity contribution >= 4 is 46.5 Å². The molecule has 0 bridgehead atoms. The van der Waals surface area contributed by atoms with Gasteiger partial charge in [0.05, 0.1) is 6.33 Å². The molecule has 2 heterocycles. The van der Waals surface area contributed by atoms with Crippen molar-refractivity contribution in [1.82, 2.24) is 18.7 Å². The maximum atomic E-state index is 12.3. The molecule has 0 atom stereocenters. The summed E-state index contributed by atoms with van der Waals surface area (Å²) in [6, 6.07) is 0. The van der Waals surface area contributed by atoms with Gasteiger partial charge in [-0.25, -0.2) is 9.78 Å². The maximum absolute atomic E-state index is 12.3. The van der Waals surface area contributed by atoms with Crippen molar-refractivity contribution in [3.8, 4) is 0 Å². The van der Waals surface area contributed by atoms with Crippen LogP contribution in [0.5, 0.6) is 0 Å². The number of ketones is 1. The van der Waals surface area contributed by atoms with Crippen molar-refractivity contribution in [1.29, 1.82) is 0 Å². The van der Waals surface area contributed by atoms with Crippen molar-refractivity contribution in [2.45, 2.75) is 32.7 Å². The Morgan fingerprint density at radius 1 is 1.24 bits per heavy atom. The second-order valence-electron chi connectivity index (χ2n) is 4.99. The van der Waals surface area contributed by atoms with E-state index in [-0.39, 0.29) is 46.6 Å². The zero-order valence-corrected chi connectivity index (χ0v) is 11.9. The van der Waals surface area contributed by atoms with E-state index in [0.717, 1.165) is 0 Å². The number of hydrogen-bond donors (Lipinski definition) is 0. The molecule has 0 aromatic carbocycles. The van der Waals surface area contributed by atoms with E-state index in [1.165, 1.54) is 22.4 Å². The van der Waals surface area contributed by atoms with Gasteiger partial charge in [0.25, 0.3) is 5.56 Å². The fraction of sp³-hybridized carbons (Fsp3) is 0.538. The summed E-state index contributed by atoms with van der Waals surface area (Å²) < 4.78 is 4.20. The third kappa shape index (κ3) is 3.53. The minimum atomic E-state index is -0.371. The molecule has 2 aromatic heterocycles. The number of carbonyl (C=O) groups is 1. The van der Waals surface area contributed by atoms with Crippen LogP contribution in [0, 0.1) is 0 Å². The molecular formula is C13H19N4NaO3. The number of imidazole rings is 1. The average Bonchev–Trinajstić information content (AvgIpc) is 2.77. The Morgan fingerprint density at radius 3 is 2.52 bits per heavy atom. The fourth-order valence-corrected chi connectivity index (χ4v) is 2.24. The summed E-state index contributed by atoms with van der Waals surface area (Å²) in [6.45, 7) is 1.85. The predicted octanol–water partition coefficient (Wildman–Crippen LogP) is -0.455. The number of hydrogen-bond acceptors (Lipinski definition) is 4. The molecule has 0 saturated carbocycles. The van der Waals surface area contributed by atoms with Crippen LogP contribution in [0.2, 0.25) is 0 Å². The van der Waals surface area contributed by atoms with Crippen LogP contribution in [0.3, 0.4) is 0 Å². The van der Waals surface area contributed by atoms with Crippen LogP contribution in [-0.4, -0.2) is 54.0 Å². The first-order chi connectivity index (χ1) is 9.43. The van der Waals surface area contributed by atoms with Crippen molar-refractivity contribution in [3.05, 3.63) is 27.2 Å². The van der Waals surface area contributed by atoms with Crippen LogP contribution < -0.4 is 11.2 Å². The summed E-state index contributed by atoms with van der Waals surface area (Å²) in [5, 5.41) is 0. The molecule has 0 unspecified atom stereocenters. The van der Waals surface area contributed by atoms with Crippen LogP contribution in [0.1, 0.15) is 26.2 Å².